The van der Waals surface area contributed by atoms with Crippen molar-refractivity contribution in [2.45, 2.75) is 31.5 Å². The molecule has 0 bridgehead atoms. The second-order valence-electron chi connectivity index (χ2n) is 5.87. The van der Waals surface area contributed by atoms with Crippen LogP contribution in [-0.2, 0) is 11.4 Å². The van der Waals surface area contributed by atoms with Crippen LogP contribution in [0.5, 0.6) is 11.5 Å². The van der Waals surface area contributed by atoms with E-state index in [9.17, 15) is 14.7 Å². The summed E-state index contributed by atoms with van der Waals surface area (Å²) in [6.45, 7) is 4.16. The van der Waals surface area contributed by atoms with Gasteiger partial charge in [-0.25, -0.2) is 4.79 Å². The molecule has 3 rings (SSSR count). The van der Waals surface area contributed by atoms with Gasteiger partial charge in [0.15, 0.2) is 5.75 Å². The zero-order chi connectivity index (χ0) is 18.1. The van der Waals surface area contributed by atoms with Crippen molar-refractivity contribution in [2.24, 2.45) is 0 Å². The second-order valence-corrected chi connectivity index (χ2v) is 6.88. The second kappa shape index (κ2) is 6.84. The zero-order valence-electron chi connectivity index (χ0n) is 14.2. The van der Waals surface area contributed by atoms with Crippen LogP contribution in [0.15, 0.2) is 34.1 Å². The first-order valence-corrected chi connectivity index (χ1v) is 8.79. The van der Waals surface area contributed by atoms with Gasteiger partial charge in [-0.05, 0) is 31.0 Å². The predicted octanol–water partition coefficient (Wildman–Crippen LogP) is 2.78. The summed E-state index contributed by atoms with van der Waals surface area (Å²) < 4.78 is 12.6. The lowest BCUT2D eigenvalue weighted by atomic mass is 10.1. The predicted molar refractivity (Wildman–Crippen MR) is 94.9 cm³/mol. The van der Waals surface area contributed by atoms with E-state index >= 15 is 0 Å². The summed E-state index contributed by atoms with van der Waals surface area (Å²) in [4.78, 5) is 23.8. The van der Waals surface area contributed by atoms with Crippen molar-refractivity contribution in [3.8, 4) is 11.5 Å². The fourth-order valence-corrected chi connectivity index (χ4v) is 4.15. The number of ether oxygens (including phenoxy) is 2. The molecule has 6 nitrogen and oxygen atoms in total. The summed E-state index contributed by atoms with van der Waals surface area (Å²) >= 11 is 1.31. The van der Waals surface area contributed by atoms with E-state index in [-0.39, 0.29) is 12.2 Å². The Labute approximate surface area is 149 Å². The molecule has 0 unspecified atom stereocenters. The standard InChI is InChI=1S/C18H19NO5S/c1-10-5-4-6-14(11(10)2)24-8-12-7-15(20)19-13(18(21)22)9-25-17(19)16(12)23-3/h4-7,13H,8-9H2,1-3H3,(H,21,22)/t13-/m0/s1. The normalized spacial score (nSPS) is 15.7. The maximum atomic E-state index is 12.4. The third-order valence-corrected chi connectivity index (χ3v) is 5.49. The van der Waals surface area contributed by atoms with Crippen molar-refractivity contribution in [3.63, 3.8) is 0 Å². The molecule has 1 atom stereocenters. The van der Waals surface area contributed by atoms with E-state index in [4.69, 9.17) is 9.47 Å². The minimum absolute atomic E-state index is 0.175. The molecule has 0 saturated heterocycles. The third kappa shape index (κ3) is 3.11. The number of carbonyl (C=O) groups is 1. The van der Waals surface area contributed by atoms with Crippen LogP contribution in [0.2, 0.25) is 0 Å². The van der Waals surface area contributed by atoms with E-state index < -0.39 is 12.0 Å². The van der Waals surface area contributed by atoms with E-state index in [1.54, 1.807) is 0 Å². The van der Waals surface area contributed by atoms with Crippen molar-refractivity contribution in [1.82, 2.24) is 4.57 Å². The topological polar surface area (TPSA) is 77.8 Å². The number of carboxylic acid groups (broad SMARTS) is 1. The highest BCUT2D eigenvalue weighted by Crippen LogP contribution is 2.40. The number of thioether (sulfide) groups is 1. The van der Waals surface area contributed by atoms with Crippen LogP contribution < -0.4 is 15.0 Å². The molecule has 0 saturated carbocycles. The smallest absolute Gasteiger partial charge is 0.327 e. The summed E-state index contributed by atoms with van der Waals surface area (Å²) in [6.07, 6.45) is 0. The number of methoxy groups -OCH3 is 1. The molecule has 0 fully saturated rings. The number of fused-ring (bicyclic) bond motifs is 1. The number of hydrogen-bond acceptors (Lipinski definition) is 5. The molecule has 1 N–H and O–H groups in total. The van der Waals surface area contributed by atoms with Gasteiger partial charge in [-0.15, -0.1) is 11.8 Å². The van der Waals surface area contributed by atoms with Crippen LogP contribution >= 0.6 is 11.8 Å². The molecule has 132 valence electrons. The highest BCUT2D eigenvalue weighted by molar-refractivity contribution is 7.99. The van der Waals surface area contributed by atoms with Crippen molar-refractivity contribution in [2.75, 3.05) is 12.9 Å². The van der Waals surface area contributed by atoms with Crippen LogP contribution in [0.25, 0.3) is 0 Å². The molecule has 2 heterocycles. The molecule has 1 aromatic heterocycles. The van der Waals surface area contributed by atoms with Crippen molar-refractivity contribution in [1.29, 1.82) is 0 Å². The molecule has 2 aromatic rings. The van der Waals surface area contributed by atoms with Gasteiger partial charge in [0.1, 0.15) is 23.4 Å². The Morgan fingerprint density at radius 3 is 2.84 bits per heavy atom. The number of aromatic nitrogens is 1. The van der Waals surface area contributed by atoms with Gasteiger partial charge in [-0.3, -0.25) is 9.36 Å². The molecule has 1 aliphatic heterocycles. The van der Waals surface area contributed by atoms with E-state index in [2.05, 4.69) is 0 Å². The SMILES string of the molecule is COc1c(COc2cccc(C)c2C)cc(=O)n2c1SC[C@H]2C(=O)O. The lowest BCUT2D eigenvalue weighted by Crippen LogP contribution is -2.29. The van der Waals surface area contributed by atoms with Gasteiger partial charge < -0.3 is 14.6 Å². The van der Waals surface area contributed by atoms with Crippen LogP contribution in [0, 0.1) is 13.8 Å². The molecule has 0 radical (unpaired) electrons. The Bertz CT molecular complexity index is 890. The molecule has 25 heavy (non-hydrogen) atoms. The van der Waals surface area contributed by atoms with E-state index in [0.717, 1.165) is 16.9 Å². The summed E-state index contributed by atoms with van der Waals surface area (Å²) in [6, 6.07) is 6.34. The van der Waals surface area contributed by atoms with E-state index in [0.29, 0.717) is 22.1 Å². The fraction of sp³-hybridized carbons (Fsp3) is 0.333. The molecule has 1 aromatic carbocycles. The van der Waals surface area contributed by atoms with Gasteiger partial charge in [0.2, 0.25) is 0 Å². The zero-order valence-corrected chi connectivity index (χ0v) is 15.1. The summed E-state index contributed by atoms with van der Waals surface area (Å²) in [5.41, 5.74) is 2.42. The van der Waals surface area contributed by atoms with Crippen molar-refractivity contribution < 1.29 is 19.4 Å². The highest BCUT2D eigenvalue weighted by Gasteiger charge is 2.33. The van der Waals surface area contributed by atoms with Gasteiger partial charge in [0.05, 0.1) is 7.11 Å². The molecular weight excluding hydrogens is 342 g/mol. The minimum Gasteiger partial charge on any atom is -0.494 e. The van der Waals surface area contributed by atoms with Crippen molar-refractivity contribution in [3.05, 3.63) is 51.3 Å². The first-order chi connectivity index (χ1) is 11.9. The number of carboxylic acids is 1. The quantitative estimate of drug-likeness (QED) is 0.882. The molecule has 0 amide bonds. The Kier molecular flexibility index (Phi) is 4.76. The van der Waals surface area contributed by atoms with Crippen LogP contribution in [0.1, 0.15) is 22.7 Å². The maximum Gasteiger partial charge on any atom is 0.327 e. The Morgan fingerprint density at radius 2 is 2.16 bits per heavy atom. The van der Waals surface area contributed by atoms with Crippen LogP contribution in [0.4, 0.5) is 0 Å². The van der Waals surface area contributed by atoms with Gasteiger partial charge >= 0.3 is 5.97 Å². The Morgan fingerprint density at radius 1 is 1.40 bits per heavy atom. The number of aryl methyl sites for hydroxylation is 1. The van der Waals surface area contributed by atoms with E-state index in [1.807, 2.05) is 32.0 Å². The largest absolute Gasteiger partial charge is 0.494 e. The number of nitrogens with zero attached hydrogens (tertiary/aromatic N) is 1. The fourth-order valence-electron chi connectivity index (χ4n) is 2.84. The summed E-state index contributed by atoms with van der Waals surface area (Å²) in [5, 5.41) is 9.83. The van der Waals surface area contributed by atoms with Crippen molar-refractivity contribution >= 4 is 17.7 Å². The Hall–Kier alpha value is -2.41. The van der Waals surface area contributed by atoms with E-state index in [1.165, 1.54) is 29.5 Å². The van der Waals surface area contributed by atoms with Crippen LogP contribution in [0.3, 0.4) is 0 Å². The molecular formula is C18H19NO5S. The Balaban J connectivity index is 1.96. The third-order valence-electron chi connectivity index (χ3n) is 4.36. The first kappa shape index (κ1) is 17.4. The number of rotatable bonds is 5. The molecule has 1 aliphatic rings. The molecule has 0 spiro atoms. The van der Waals surface area contributed by atoms with Gasteiger partial charge in [0.25, 0.3) is 5.56 Å². The number of benzene rings is 1. The highest BCUT2D eigenvalue weighted by atomic mass is 32.2. The monoisotopic (exact) mass is 361 g/mol. The first-order valence-electron chi connectivity index (χ1n) is 7.81. The summed E-state index contributed by atoms with van der Waals surface area (Å²) in [7, 11) is 1.51. The number of hydrogen-bond donors (Lipinski definition) is 1. The maximum absolute atomic E-state index is 12.4. The van der Waals surface area contributed by atoms with Gasteiger partial charge in [0, 0.05) is 17.4 Å². The molecule has 7 heteroatoms. The number of pyridine rings is 1. The van der Waals surface area contributed by atoms with Gasteiger partial charge in [-0.2, -0.15) is 0 Å². The average molecular weight is 361 g/mol. The van der Waals surface area contributed by atoms with Gasteiger partial charge in [-0.1, -0.05) is 12.1 Å². The van der Waals surface area contributed by atoms with Crippen LogP contribution in [-0.4, -0.2) is 28.5 Å². The lowest BCUT2D eigenvalue weighted by Gasteiger charge is -2.16. The molecule has 0 aliphatic carbocycles. The average Bonchev–Trinajstić information content (AvgIpc) is 3.02. The minimum atomic E-state index is -1.02. The summed E-state index contributed by atoms with van der Waals surface area (Å²) in [5.74, 6) is 0.537. The number of aliphatic carboxylic acids is 1. The lowest BCUT2D eigenvalue weighted by molar-refractivity contribution is -0.140.